The van der Waals surface area contributed by atoms with E-state index >= 15 is 0 Å². The molecule has 0 aliphatic rings. The minimum atomic E-state index is 1.17. The molecule has 0 amide bonds. The van der Waals surface area contributed by atoms with Crippen LogP contribution in [0.1, 0.15) is 0 Å². The SMILES string of the molecule is c1ccc(-c2cccc(-c3ccccc3-n3c4ccccc4c4cc(-c5ccc6c7ccccc7n(-c7ccccc7)c6c5)ccc43)c2)cc1.c1ccc(-n2c3ccccc3c3ccc(-c4ccc5c(c4)c4ccccc4n5-c4ccccc4-c4cc5ccccc5c5ccccc45)cc32)cc1.c1ccc(-n2c3ccccc3c3ccc(-c4ccc5c(c4)c4ccccc4n5-c4ccccc4-c4cccc5ccccc45)cc32)cc1. The van der Waals surface area contributed by atoms with E-state index in [0.717, 1.165) is 0 Å². The van der Waals surface area contributed by atoms with Crippen LogP contribution in [0.3, 0.4) is 0 Å². The summed E-state index contributed by atoms with van der Waals surface area (Å²) in [4.78, 5) is 0. The lowest BCUT2D eigenvalue weighted by Crippen LogP contribution is -1.97. The minimum absolute atomic E-state index is 1.17. The first kappa shape index (κ1) is 86.7. The van der Waals surface area contributed by atoms with Gasteiger partial charge in [-0.15, -0.1) is 0 Å². The smallest absolute Gasteiger partial charge is 0.0547 e. The van der Waals surface area contributed by atoms with Gasteiger partial charge in [-0.2, -0.15) is 0 Å². The molecule has 31 rings (SSSR count). The van der Waals surface area contributed by atoms with Crippen molar-refractivity contribution in [2.45, 2.75) is 0 Å². The molecular formula is C144H94N6. The van der Waals surface area contributed by atoms with Crippen molar-refractivity contribution < 1.29 is 0 Å². The van der Waals surface area contributed by atoms with Crippen molar-refractivity contribution in [2.75, 3.05) is 0 Å². The third-order valence-electron chi connectivity index (χ3n) is 30.9. The molecule has 6 heteroatoms. The topological polar surface area (TPSA) is 29.6 Å². The Morgan fingerprint density at radius 2 is 0.347 bits per heavy atom. The van der Waals surface area contributed by atoms with Crippen molar-refractivity contribution in [1.29, 1.82) is 0 Å². The number of fused-ring (bicyclic) bond motifs is 22. The Morgan fingerprint density at radius 1 is 0.0933 bits per heavy atom. The van der Waals surface area contributed by atoms with Crippen LogP contribution in [-0.4, -0.2) is 27.4 Å². The quantitative estimate of drug-likeness (QED) is 0.103. The highest BCUT2D eigenvalue weighted by Crippen LogP contribution is 2.49. The van der Waals surface area contributed by atoms with Gasteiger partial charge in [0.25, 0.3) is 0 Å². The molecule has 0 aliphatic carbocycles. The number of para-hydroxylation sites is 12. The zero-order chi connectivity index (χ0) is 98.8. The van der Waals surface area contributed by atoms with E-state index < -0.39 is 0 Å². The third kappa shape index (κ3) is 14.5. The number of rotatable bonds is 13. The monoisotopic (exact) mass is 1910 g/mol. The summed E-state index contributed by atoms with van der Waals surface area (Å²) in [7, 11) is 0. The second-order valence-electron chi connectivity index (χ2n) is 39.2. The average molecular weight is 1910 g/mol. The highest BCUT2D eigenvalue weighted by Gasteiger charge is 2.26. The van der Waals surface area contributed by atoms with Crippen LogP contribution >= 0.6 is 0 Å². The fourth-order valence-corrected chi connectivity index (χ4v) is 24.2. The molecule has 0 fully saturated rings. The van der Waals surface area contributed by atoms with E-state index in [1.54, 1.807) is 0 Å². The predicted octanol–water partition coefficient (Wildman–Crippen LogP) is 38.8. The van der Waals surface area contributed by atoms with Gasteiger partial charge < -0.3 is 27.4 Å². The average Bonchev–Trinajstić information content (AvgIpc) is 1.56. The maximum absolute atomic E-state index is 2.46. The fraction of sp³-hybridized carbons (Fsp3) is 0. The van der Waals surface area contributed by atoms with Crippen LogP contribution in [0.5, 0.6) is 0 Å². The van der Waals surface area contributed by atoms with Crippen LogP contribution in [0.15, 0.2) is 570 Å². The largest absolute Gasteiger partial charge is 0.309 e. The van der Waals surface area contributed by atoms with Gasteiger partial charge in [0.05, 0.1) is 83.3 Å². The second-order valence-corrected chi connectivity index (χ2v) is 39.2. The molecule has 6 heterocycles. The summed E-state index contributed by atoms with van der Waals surface area (Å²) in [6.45, 7) is 0. The van der Waals surface area contributed by atoms with Gasteiger partial charge in [-0.25, -0.2) is 0 Å². The standard InChI is InChI=1S/C50H32N2.C48H32N2.C46H30N2/c1-2-15-36(16-3-1)51-46-23-11-8-20-40(46)43-28-26-34(32-50(43)51)33-27-29-49-45(30-33)42-22-10-13-25-48(42)52(49)47-24-12-9-21-41(47)44-31-35-14-4-5-17-37(35)38-18-6-7-19-39(38)44;1-3-14-33(15-4-1)34-16-13-17-37(30-34)39-20-7-10-23-44(39)50-46-25-12-9-22-41(46)43-31-35(27-29-47(43)50)36-26-28-42-40-21-8-11-24-45(40)49(48(42)32-36)38-18-5-2-6-19-38;1-2-15-34(16-3-1)47-42-22-9-7-19-38(42)40-27-25-33(30-46(40)47)32-26-28-45-41(29-32)39-20-8-11-24-44(39)48(45)43-23-10-6-18-37(43)36-21-12-14-31-13-4-5-17-35(31)36/h1-32H;1-32H;1-30H. The van der Waals surface area contributed by atoms with E-state index in [9.17, 15) is 0 Å². The van der Waals surface area contributed by atoms with E-state index in [1.807, 2.05) is 0 Å². The molecule has 31 aromatic rings. The van der Waals surface area contributed by atoms with Gasteiger partial charge in [0.1, 0.15) is 0 Å². The summed E-state index contributed by atoms with van der Waals surface area (Å²) in [5.74, 6) is 0. The maximum Gasteiger partial charge on any atom is 0.0547 e. The number of hydrogen-bond acceptors (Lipinski definition) is 0. The summed E-state index contributed by atoms with van der Waals surface area (Å²) in [5, 5.41) is 22.7. The molecule has 700 valence electrons. The molecule has 0 atom stereocenters. The zero-order valence-electron chi connectivity index (χ0n) is 82.0. The Hall–Kier alpha value is -19.9. The first-order chi connectivity index (χ1) is 74.5. The Balaban J connectivity index is 0.000000106. The van der Waals surface area contributed by atoms with E-state index in [1.165, 1.54) is 275 Å². The lowest BCUT2D eigenvalue weighted by atomic mass is 9.92. The predicted molar refractivity (Wildman–Crippen MR) is 636 cm³/mol. The van der Waals surface area contributed by atoms with Gasteiger partial charge in [0, 0.05) is 98.4 Å². The van der Waals surface area contributed by atoms with Crippen molar-refractivity contribution in [3.63, 3.8) is 0 Å². The molecule has 0 spiro atoms. The zero-order valence-corrected chi connectivity index (χ0v) is 82.0. The van der Waals surface area contributed by atoms with Crippen LogP contribution in [0.25, 0.3) is 275 Å². The molecule has 0 saturated carbocycles. The van der Waals surface area contributed by atoms with Crippen LogP contribution < -0.4 is 0 Å². The van der Waals surface area contributed by atoms with Gasteiger partial charge in [0.2, 0.25) is 0 Å². The lowest BCUT2D eigenvalue weighted by Gasteiger charge is -2.17. The van der Waals surface area contributed by atoms with Crippen LogP contribution in [0.2, 0.25) is 0 Å². The van der Waals surface area contributed by atoms with Crippen molar-refractivity contribution >= 4 is 163 Å². The summed E-state index contributed by atoms with van der Waals surface area (Å²) in [6.07, 6.45) is 0. The summed E-state index contributed by atoms with van der Waals surface area (Å²) in [6, 6.07) is 208. The van der Waals surface area contributed by atoms with Crippen LogP contribution in [-0.2, 0) is 0 Å². The second kappa shape index (κ2) is 36.1. The number of nitrogens with zero attached hydrogens (tertiary/aromatic N) is 6. The van der Waals surface area contributed by atoms with Crippen LogP contribution in [0.4, 0.5) is 0 Å². The molecule has 0 N–H and O–H groups in total. The highest BCUT2D eigenvalue weighted by molar-refractivity contribution is 6.20. The van der Waals surface area contributed by atoms with Crippen molar-refractivity contribution in [2.24, 2.45) is 0 Å². The Labute approximate surface area is 866 Å². The molecular weight excluding hydrogens is 1810 g/mol. The van der Waals surface area contributed by atoms with E-state index in [2.05, 4.69) is 598 Å². The molecule has 150 heavy (non-hydrogen) atoms. The molecule has 0 saturated heterocycles. The summed E-state index contributed by atoms with van der Waals surface area (Å²) in [5.41, 5.74) is 38.5. The summed E-state index contributed by atoms with van der Waals surface area (Å²) < 4.78 is 14.5. The van der Waals surface area contributed by atoms with Crippen molar-refractivity contribution in [1.82, 2.24) is 27.4 Å². The molecule has 0 unspecified atom stereocenters. The normalized spacial score (nSPS) is 11.7. The number of aromatic nitrogens is 6. The minimum Gasteiger partial charge on any atom is -0.309 e. The fourth-order valence-electron chi connectivity index (χ4n) is 24.2. The third-order valence-corrected chi connectivity index (χ3v) is 30.9. The molecule has 0 aliphatic heterocycles. The van der Waals surface area contributed by atoms with Gasteiger partial charge >= 0.3 is 0 Å². The highest BCUT2D eigenvalue weighted by atomic mass is 15.0. The molecule has 0 bridgehead atoms. The molecule has 25 aromatic carbocycles. The summed E-state index contributed by atoms with van der Waals surface area (Å²) >= 11 is 0. The maximum atomic E-state index is 2.46. The van der Waals surface area contributed by atoms with Gasteiger partial charge in [-0.3, -0.25) is 0 Å². The Morgan fingerprint density at radius 3 is 0.773 bits per heavy atom. The van der Waals surface area contributed by atoms with Gasteiger partial charge in [-0.1, -0.05) is 413 Å². The van der Waals surface area contributed by atoms with Gasteiger partial charge in [-0.05, 0) is 251 Å². The van der Waals surface area contributed by atoms with Crippen molar-refractivity contribution in [3.8, 4) is 112 Å². The van der Waals surface area contributed by atoms with E-state index in [4.69, 9.17) is 0 Å². The Bertz CT molecular complexity index is 10800. The Kier molecular flexibility index (Phi) is 20.9. The molecule has 6 aromatic heterocycles. The van der Waals surface area contributed by atoms with Crippen LogP contribution in [0, 0.1) is 0 Å². The lowest BCUT2D eigenvalue weighted by molar-refractivity contribution is 1.18. The van der Waals surface area contributed by atoms with Crippen molar-refractivity contribution in [3.05, 3.63) is 570 Å². The number of hydrogen-bond donors (Lipinski definition) is 0. The van der Waals surface area contributed by atoms with Gasteiger partial charge in [0.15, 0.2) is 0 Å². The van der Waals surface area contributed by atoms with E-state index in [-0.39, 0.29) is 0 Å². The first-order valence-corrected chi connectivity index (χ1v) is 51.7. The van der Waals surface area contributed by atoms with E-state index in [0.29, 0.717) is 0 Å². The molecule has 6 nitrogen and oxygen atoms in total. The first-order valence-electron chi connectivity index (χ1n) is 51.7. The molecule has 0 radical (unpaired) electrons. The number of benzene rings is 25.